The Bertz CT molecular complexity index is 648. The van der Waals surface area contributed by atoms with Crippen LogP contribution in [0.2, 0.25) is 0 Å². The van der Waals surface area contributed by atoms with Gasteiger partial charge in [-0.15, -0.1) is 0 Å². The Kier molecular flexibility index (Phi) is 5.02. The number of rotatable bonds is 4. The molecule has 0 saturated heterocycles. The maximum absolute atomic E-state index is 12.3. The maximum Gasteiger partial charge on any atom is 0.255 e. The second-order valence-corrected chi connectivity index (χ2v) is 5.80. The van der Waals surface area contributed by atoms with Crippen molar-refractivity contribution in [1.29, 1.82) is 0 Å². The zero-order valence-corrected chi connectivity index (χ0v) is 14.0. The zero-order chi connectivity index (χ0) is 15.4. The molecule has 0 aliphatic rings. The lowest BCUT2D eigenvalue weighted by Crippen LogP contribution is -2.13. The molecule has 0 aromatic heterocycles. The Labute approximate surface area is 133 Å². The summed E-state index contributed by atoms with van der Waals surface area (Å²) in [6.07, 6.45) is 0. The molecular formula is C17H18BrNO2. The summed E-state index contributed by atoms with van der Waals surface area (Å²) in [6.45, 7) is 6.48. The fourth-order valence-electron chi connectivity index (χ4n) is 2.09. The summed E-state index contributed by atoms with van der Waals surface area (Å²) in [5.74, 6) is 0.693. The Balaban J connectivity index is 2.19. The van der Waals surface area contributed by atoms with Gasteiger partial charge in [0.25, 0.3) is 5.91 Å². The second kappa shape index (κ2) is 6.76. The van der Waals surface area contributed by atoms with Crippen LogP contribution >= 0.6 is 15.9 Å². The predicted molar refractivity (Wildman–Crippen MR) is 89.2 cm³/mol. The van der Waals surface area contributed by atoms with E-state index in [1.54, 1.807) is 0 Å². The van der Waals surface area contributed by atoms with Gasteiger partial charge in [0.05, 0.1) is 6.61 Å². The van der Waals surface area contributed by atoms with Crippen LogP contribution in [0.3, 0.4) is 0 Å². The molecule has 0 bridgehead atoms. The quantitative estimate of drug-likeness (QED) is 0.868. The van der Waals surface area contributed by atoms with E-state index in [9.17, 15) is 4.79 Å². The standard InChI is InChI=1S/C17H18BrNO2/c1-4-21-15-5-6-16(12(3)9-15)19-17(20)13-7-11(2)8-14(18)10-13/h5-10H,4H2,1-3H3,(H,19,20). The van der Waals surface area contributed by atoms with Gasteiger partial charge in [-0.05, 0) is 68.3 Å². The lowest BCUT2D eigenvalue weighted by atomic mass is 10.1. The van der Waals surface area contributed by atoms with Crippen molar-refractivity contribution >= 4 is 27.5 Å². The number of hydrogen-bond acceptors (Lipinski definition) is 2. The number of ether oxygens (including phenoxy) is 1. The summed E-state index contributed by atoms with van der Waals surface area (Å²) < 4.78 is 6.34. The van der Waals surface area contributed by atoms with E-state index in [0.717, 1.165) is 27.0 Å². The lowest BCUT2D eigenvalue weighted by Gasteiger charge is -2.11. The molecule has 0 atom stereocenters. The first kappa shape index (κ1) is 15.6. The number of aryl methyl sites for hydroxylation is 2. The monoisotopic (exact) mass is 347 g/mol. The van der Waals surface area contributed by atoms with E-state index in [0.29, 0.717) is 12.2 Å². The van der Waals surface area contributed by atoms with Gasteiger partial charge in [0.1, 0.15) is 5.75 Å². The van der Waals surface area contributed by atoms with Crippen molar-refractivity contribution in [2.75, 3.05) is 11.9 Å². The summed E-state index contributed by atoms with van der Waals surface area (Å²) in [7, 11) is 0. The van der Waals surface area contributed by atoms with E-state index in [4.69, 9.17) is 4.74 Å². The van der Waals surface area contributed by atoms with Gasteiger partial charge in [-0.3, -0.25) is 4.79 Å². The van der Waals surface area contributed by atoms with Gasteiger partial charge in [-0.25, -0.2) is 0 Å². The molecule has 0 heterocycles. The minimum absolute atomic E-state index is 0.119. The molecule has 4 heteroatoms. The Morgan fingerprint density at radius 1 is 1.19 bits per heavy atom. The number of anilines is 1. The molecule has 21 heavy (non-hydrogen) atoms. The Hall–Kier alpha value is -1.81. The number of nitrogens with one attached hydrogen (secondary N) is 1. The van der Waals surface area contributed by atoms with Gasteiger partial charge in [0, 0.05) is 15.7 Å². The molecule has 0 aliphatic heterocycles. The van der Waals surface area contributed by atoms with Gasteiger partial charge in [-0.1, -0.05) is 15.9 Å². The van der Waals surface area contributed by atoms with Crippen molar-refractivity contribution in [1.82, 2.24) is 0 Å². The van der Waals surface area contributed by atoms with E-state index >= 15 is 0 Å². The predicted octanol–water partition coefficient (Wildman–Crippen LogP) is 4.72. The smallest absolute Gasteiger partial charge is 0.255 e. The average molecular weight is 348 g/mol. The molecule has 1 amide bonds. The minimum atomic E-state index is -0.119. The van der Waals surface area contributed by atoms with E-state index in [-0.39, 0.29) is 5.91 Å². The van der Waals surface area contributed by atoms with Gasteiger partial charge in [0.15, 0.2) is 0 Å². The molecule has 3 nitrogen and oxygen atoms in total. The van der Waals surface area contributed by atoms with Crippen LogP contribution in [0, 0.1) is 13.8 Å². The van der Waals surface area contributed by atoms with Crippen LogP contribution in [-0.4, -0.2) is 12.5 Å². The summed E-state index contributed by atoms with van der Waals surface area (Å²) >= 11 is 3.41. The number of carbonyl (C=O) groups excluding carboxylic acids is 1. The van der Waals surface area contributed by atoms with Crippen molar-refractivity contribution in [3.05, 3.63) is 57.6 Å². The van der Waals surface area contributed by atoms with E-state index in [1.807, 2.05) is 57.2 Å². The third-order valence-electron chi connectivity index (χ3n) is 3.06. The van der Waals surface area contributed by atoms with Crippen molar-refractivity contribution in [2.45, 2.75) is 20.8 Å². The van der Waals surface area contributed by atoms with Gasteiger partial charge in [-0.2, -0.15) is 0 Å². The molecule has 1 N–H and O–H groups in total. The van der Waals surface area contributed by atoms with Crippen molar-refractivity contribution in [3.63, 3.8) is 0 Å². The van der Waals surface area contributed by atoms with Crippen LogP contribution in [-0.2, 0) is 0 Å². The highest BCUT2D eigenvalue weighted by Crippen LogP contribution is 2.23. The molecule has 0 radical (unpaired) electrons. The fraction of sp³-hybridized carbons (Fsp3) is 0.235. The molecule has 2 rings (SSSR count). The van der Waals surface area contributed by atoms with E-state index in [2.05, 4.69) is 21.2 Å². The zero-order valence-electron chi connectivity index (χ0n) is 12.4. The molecule has 2 aromatic rings. The fourth-order valence-corrected chi connectivity index (χ4v) is 2.70. The van der Waals surface area contributed by atoms with Crippen LogP contribution in [0.1, 0.15) is 28.4 Å². The molecule has 0 spiro atoms. The van der Waals surface area contributed by atoms with Crippen LogP contribution in [0.25, 0.3) is 0 Å². The minimum Gasteiger partial charge on any atom is -0.494 e. The Morgan fingerprint density at radius 2 is 1.95 bits per heavy atom. The van der Waals surface area contributed by atoms with Gasteiger partial charge < -0.3 is 10.1 Å². The summed E-state index contributed by atoms with van der Waals surface area (Å²) in [5, 5.41) is 2.93. The molecule has 0 saturated carbocycles. The summed E-state index contributed by atoms with van der Waals surface area (Å²) in [5.41, 5.74) is 3.44. The third kappa shape index (κ3) is 4.08. The lowest BCUT2D eigenvalue weighted by molar-refractivity contribution is 0.102. The summed E-state index contributed by atoms with van der Waals surface area (Å²) in [4.78, 5) is 12.3. The van der Waals surface area contributed by atoms with Gasteiger partial charge >= 0.3 is 0 Å². The highest BCUT2D eigenvalue weighted by Gasteiger charge is 2.09. The van der Waals surface area contributed by atoms with Crippen LogP contribution in [0.15, 0.2) is 40.9 Å². The summed E-state index contributed by atoms with van der Waals surface area (Å²) in [6, 6.07) is 11.3. The number of benzene rings is 2. The highest BCUT2D eigenvalue weighted by atomic mass is 79.9. The maximum atomic E-state index is 12.3. The molecule has 0 aliphatic carbocycles. The first-order valence-electron chi connectivity index (χ1n) is 6.81. The largest absolute Gasteiger partial charge is 0.494 e. The first-order valence-corrected chi connectivity index (χ1v) is 7.61. The number of amides is 1. The number of halogens is 1. The molecule has 0 unspecified atom stereocenters. The van der Waals surface area contributed by atoms with Crippen LogP contribution < -0.4 is 10.1 Å². The van der Waals surface area contributed by atoms with Gasteiger partial charge in [0.2, 0.25) is 0 Å². The molecule has 0 fully saturated rings. The third-order valence-corrected chi connectivity index (χ3v) is 3.52. The van der Waals surface area contributed by atoms with Crippen molar-refractivity contribution < 1.29 is 9.53 Å². The molecular weight excluding hydrogens is 330 g/mol. The van der Waals surface area contributed by atoms with Crippen LogP contribution in [0.5, 0.6) is 5.75 Å². The number of hydrogen-bond donors (Lipinski definition) is 1. The topological polar surface area (TPSA) is 38.3 Å². The SMILES string of the molecule is CCOc1ccc(NC(=O)c2cc(C)cc(Br)c2)c(C)c1. The molecule has 110 valence electrons. The number of carbonyl (C=O) groups is 1. The first-order chi connectivity index (χ1) is 9.99. The second-order valence-electron chi connectivity index (χ2n) is 4.88. The molecule has 2 aromatic carbocycles. The Morgan fingerprint density at radius 3 is 2.57 bits per heavy atom. The van der Waals surface area contributed by atoms with E-state index < -0.39 is 0 Å². The average Bonchev–Trinajstić information content (AvgIpc) is 2.41. The van der Waals surface area contributed by atoms with Crippen molar-refractivity contribution in [3.8, 4) is 5.75 Å². The highest BCUT2D eigenvalue weighted by molar-refractivity contribution is 9.10. The van der Waals surface area contributed by atoms with Crippen LogP contribution in [0.4, 0.5) is 5.69 Å². The normalized spacial score (nSPS) is 10.3. The van der Waals surface area contributed by atoms with Crippen molar-refractivity contribution in [2.24, 2.45) is 0 Å². The van der Waals surface area contributed by atoms with E-state index in [1.165, 1.54) is 0 Å².